The fraction of sp³-hybridized carbons (Fsp3) is 0.130. The Morgan fingerprint density at radius 3 is 2.21 bits per heavy atom. The third kappa shape index (κ3) is 5.63. The van der Waals surface area contributed by atoms with Crippen LogP contribution in [0.25, 0.3) is 0 Å². The van der Waals surface area contributed by atoms with Gasteiger partial charge < -0.3 is 15.4 Å². The van der Waals surface area contributed by atoms with Crippen molar-refractivity contribution >= 4 is 44.8 Å². The van der Waals surface area contributed by atoms with Crippen molar-refractivity contribution in [3.8, 4) is 5.75 Å². The first-order valence-corrected chi connectivity index (χ1v) is 11.6. The zero-order chi connectivity index (χ0) is 24.2. The molecule has 0 saturated carbocycles. The van der Waals surface area contributed by atoms with Gasteiger partial charge in [-0.05, 0) is 55.5 Å². The highest BCUT2D eigenvalue weighted by Gasteiger charge is 2.22. The van der Waals surface area contributed by atoms with Crippen LogP contribution in [0.4, 0.5) is 11.4 Å². The largest absolute Gasteiger partial charge is 0.495 e. The summed E-state index contributed by atoms with van der Waals surface area (Å²) in [6, 6.07) is 15.3. The molecule has 0 spiro atoms. The van der Waals surface area contributed by atoms with E-state index in [1.54, 1.807) is 24.3 Å². The second kappa shape index (κ2) is 9.93. The molecule has 3 aromatic rings. The molecule has 0 unspecified atom stereocenters. The van der Waals surface area contributed by atoms with E-state index < -0.39 is 21.8 Å². The molecule has 3 N–H and O–H groups in total. The van der Waals surface area contributed by atoms with E-state index >= 15 is 0 Å². The Morgan fingerprint density at radius 1 is 0.909 bits per heavy atom. The maximum Gasteiger partial charge on any atom is 0.265 e. The summed E-state index contributed by atoms with van der Waals surface area (Å²) in [5.74, 6) is -0.898. The topological polar surface area (TPSA) is 114 Å². The van der Waals surface area contributed by atoms with Crippen molar-refractivity contribution in [3.63, 3.8) is 0 Å². The molecule has 0 aliphatic carbocycles. The van der Waals surface area contributed by atoms with Gasteiger partial charge in [0, 0.05) is 24.0 Å². The number of carbonyl (C=O) groups excluding carboxylic acids is 2. The van der Waals surface area contributed by atoms with Gasteiger partial charge in [-0.1, -0.05) is 29.3 Å². The van der Waals surface area contributed by atoms with Gasteiger partial charge in [-0.25, -0.2) is 8.42 Å². The fourth-order valence-electron chi connectivity index (χ4n) is 2.97. The number of hydrogen-bond donors (Lipinski definition) is 3. The number of anilines is 2. The van der Waals surface area contributed by atoms with Gasteiger partial charge in [0.25, 0.3) is 21.8 Å². The molecule has 8 nitrogen and oxygen atoms in total. The molecule has 0 aliphatic rings. The first-order valence-electron chi connectivity index (χ1n) is 9.75. The number of nitrogens with one attached hydrogen (secondary N) is 3. The lowest BCUT2D eigenvalue weighted by molar-refractivity contribution is 0.0961. The van der Waals surface area contributed by atoms with E-state index in [-0.39, 0.29) is 26.8 Å². The Labute approximate surface area is 197 Å². The summed E-state index contributed by atoms with van der Waals surface area (Å²) in [7, 11) is -1.24. The third-order valence-electron chi connectivity index (χ3n) is 4.72. The molecule has 0 atom stereocenters. The van der Waals surface area contributed by atoms with Crippen LogP contribution < -0.4 is 20.1 Å². The van der Waals surface area contributed by atoms with Gasteiger partial charge in [-0.3, -0.25) is 14.3 Å². The molecule has 0 saturated heterocycles. The van der Waals surface area contributed by atoms with Crippen LogP contribution in [0.1, 0.15) is 26.3 Å². The minimum absolute atomic E-state index is 0.0801. The number of hydrogen-bond acceptors (Lipinski definition) is 5. The maximum absolute atomic E-state index is 13.0. The minimum Gasteiger partial charge on any atom is -0.495 e. The Bertz CT molecular complexity index is 1310. The molecule has 0 aliphatic heterocycles. The number of halogens is 1. The van der Waals surface area contributed by atoms with Gasteiger partial charge in [0.05, 0.1) is 17.7 Å². The molecule has 10 heteroatoms. The van der Waals surface area contributed by atoms with E-state index in [0.717, 1.165) is 5.56 Å². The Kier molecular flexibility index (Phi) is 7.25. The van der Waals surface area contributed by atoms with Crippen LogP contribution in [0.2, 0.25) is 5.02 Å². The summed E-state index contributed by atoms with van der Waals surface area (Å²) >= 11 is 6.04. The average Bonchev–Trinajstić information content (AvgIpc) is 2.80. The van der Waals surface area contributed by atoms with Crippen molar-refractivity contribution < 1.29 is 22.7 Å². The van der Waals surface area contributed by atoms with Crippen molar-refractivity contribution in [1.82, 2.24) is 5.32 Å². The molecule has 0 radical (unpaired) electrons. The third-order valence-corrected chi connectivity index (χ3v) is 6.45. The Morgan fingerprint density at radius 2 is 1.58 bits per heavy atom. The Balaban J connectivity index is 1.91. The van der Waals surface area contributed by atoms with E-state index in [1.165, 1.54) is 50.6 Å². The zero-order valence-corrected chi connectivity index (χ0v) is 19.7. The normalized spacial score (nSPS) is 10.9. The monoisotopic (exact) mass is 487 g/mol. The highest BCUT2D eigenvalue weighted by Crippen LogP contribution is 2.28. The second-order valence-electron chi connectivity index (χ2n) is 7.07. The van der Waals surface area contributed by atoms with Crippen LogP contribution in [0.15, 0.2) is 65.6 Å². The number of aryl methyl sites for hydroxylation is 1. The number of ether oxygens (including phenoxy) is 1. The van der Waals surface area contributed by atoms with E-state index in [0.29, 0.717) is 11.4 Å². The number of rotatable bonds is 7. The lowest BCUT2D eigenvalue weighted by atomic mass is 10.1. The molecular weight excluding hydrogens is 466 g/mol. The van der Waals surface area contributed by atoms with Crippen molar-refractivity contribution in [2.45, 2.75) is 11.8 Å². The summed E-state index contributed by atoms with van der Waals surface area (Å²) in [5, 5.41) is 5.34. The summed E-state index contributed by atoms with van der Waals surface area (Å²) in [4.78, 5) is 24.6. The van der Waals surface area contributed by atoms with Gasteiger partial charge in [-0.2, -0.15) is 0 Å². The summed E-state index contributed by atoms with van der Waals surface area (Å²) in [6.45, 7) is 1.89. The number of carbonyl (C=O) groups is 2. The zero-order valence-electron chi connectivity index (χ0n) is 18.1. The average molecular weight is 488 g/mol. The molecule has 3 rings (SSSR count). The SMILES string of the molecule is CNC(=O)c1cc(NC(=O)c2ccc(OC)c(S(=O)(=O)Nc3ccc(C)cc3)c2)ccc1Cl. The highest BCUT2D eigenvalue weighted by atomic mass is 35.5. The molecule has 2 amide bonds. The van der Waals surface area contributed by atoms with E-state index in [9.17, 15) is 18.0 Å². The molecule has 0 heterocycles. The maximum atomic E-state index is 13.0. The van der Waals surface area contributed by atoms with Crippen molar-refractivity contribution in [2.24, 2.45) is 0 Å². The lowest BCUT2D eigenvalue weighted by Crippen LogP contribution is -2.19. The van der Waals surface area contributed by atoms with Crippen molar-refractivity contribution in [1.29, 1.82) is 0 Å². The first-order chi connectivity index (χ1) is 15.6. The highest BCUT2D eigenvalue weighted by molar-refractivity contribution is 7.92. The molecule has 3 aromatic carbocycles. The van der Waals surface area contributed by atoms with Gasteiger partial charge in [0.15, 0.2) is 0 Å². The standard InChI is InChI=1S/C23H22ClN3O5S/c1-14-4-7-16(8-5-14)27-33(30,31)21-12-15(6-11-20(21)32-3)22(28)26-17-9-10-19(24)18(13-17)23(29)25-2/h4-13,27H,1-3H3,(H,25,29)(H,26,28). The predicted molar refractivity (Wildman–Crippen MR) is 128 cm³/mol. The van der Waals surface area contributed by atoms with E-state index in [2.05, 4.69) is 15.4 Å². The van der Waals surface area contributed by atoms with Crippen molar-refractivity contribution in [2.75, 3.05) is 24.2 Å². The van der Waals surface area contributed by atoms with Gasteiger partial charge in [-0.15, -0.1) is 0 Å². The fourth-order valence-corrected chi connectivity index (χ4v) is 4.43. The molecule has 172 valence electrons. The predicted octanol–water partition coefficient (Wildman–Crippen LogP) is 4.07. The van der Waals surface area contributed by atoms with Crippen molar-refractivity contribution in [3.05, 3.63) is 82.4 Å². The number of benzene rings is 3. The molecule has 0 aromatic heterocycles. The minimum atomic E-state index is -4.05. The van der Waals surface area contributed by atoms with Crippen LogP contribution in [-0.2, 0) is 10.0 Å². The second-order valence-corrected chi connectivity index (χ2v) is 9.12. The van der Waals surface area contributed by atoms with Crippen LogP contribution >= 0.6 is 11.6 Å². The molecule has 0 bridgehead atoms. The molecule has 0 fully saturated rings. The Hall–Kier alpha value is -3.56. The van der Waals surface area contributed by atoms with Gasteiger partial charge in [0.1, 0.15) is 10.6 Å². The van der Waals surface area contributed by atoms with Crippen LogP contribution in [0.3, 0.4) is 0 Å². The van der Waals surface area contributed by atoms with E-state index in [1.807, 2.05) is 6.92 Å². The number of sulfonamides is 1. The van der Waals surface area contributed by atoms with Crippen LogP contribution in [-0.4, -0.2) is 34.4 Å². The number of amides is 2. The smallest absolute Gasteiger partial charge is 0.265 e. The van der Waals surface area contributed by atoms with E-state index in [4.69, 9.17) is 16.3 Å². The first kappa shape index (κ1) is 24.1. The summed E-state index contributed by atoms with van der Waals surface area (Å²) in [6.07, 6.45) is 0. The number of methoxy groups -OCH3 is 1. The van der Waals surface area contributed by atoms with Gasteiger partial charge >= 0.3 is 0 Å². The quantitative estimate of drug-likeness (QED) is 0.465. The molecule has 33 heavy (non-hydrogen) atoms. The molecular formula is C23H22ClN3O5S. The summed E-state index contributed by atoms with van der Waals surface area (Å²) in [5.41, 5.74) is 1.95. The summed E-state index contributed by atoms with van der Waals surface area (Å²) < 4.78 is 33.7. The lowest BCUT2D eigenvalue weighted by Gasteiger charge is -2.14. The van der Waals surface area contributed by atoms with Crippen LogP contribution in [0, 0.1) is 6.92 Å². The van der Waals surface area contributed by atoms with Crippen LogP contribution in [0.5, 0.6) is 5.75 Å². The van der Waals surface area contributed by atoms with Gasteiger partial charge in [0.2, 0.25) is 0 Å².